The van der Waals surface area contributed by atoms with Gasteiger partial charge in [-0.2, -0.15) is 0 Å². The van der Waals surface area contributed by atoms with Crippen LogP contribution in [0.4, 0.5) is 0 Å². The van der Waals surface area contributed by atoms with Crippen molar-refractivity contribution in [2.75, 3.05) is 27.3 Å². The van der Waals surface area contributed by atoms with Crippen molar-refractivity contribution in [2.24, 2.45) is 0 Å². The molecule has 5 nitrogen and oxygen atoms in total. The smallest absolute Gasteiger partial charge is 0.272 e. The largest absolute Gasteiger partial charge is 0.481 e. The van der Waals surface area contributed by atoms with Gasteiger partial charge < -0.3 is 14.4 Å². The van der Waals surface area contributed by atoms with E-state index >= 15 is 0 Å². The molecule has 2 aromatic rings. The maximum atomic E-state index is 12.7. The maximum absolute atomic E-state index is 12.7. The molecule has 3 rings (SSSR count). The van der Waals surface area contributed by atoms with Gasteiger partial charge in [0.25, 0.3) is 5.91 Å². The fraction of sp³-hybridized carbons (Fsp3) is 0.412. The van der Waals surface area contributed by atoms with Gasteiger partial charge in [-0.05, 0) is 30.4 Å². The summed E-state index contributed by atoms with van der Waals surface area (Å²) in [5.74, 6) is 0.451. The van der Waals surface area contributed by atoms with Gasteiger partial charge in [-0.3, -0.25) is 4.79 Å². The highest BCUT2D eigenvalue weighted by Gasteiger charge is 2.25. The number of carbonyl (C=O) groups is 1. The maximum Gasteiger partial charge on any atom is 0.272 e. The molecule has 2 heterocycles. The van der Waals surface area contributed by atoms with Crippen LogP contribution in [0, 0.1) is 0 Å². The molecule has 1 fully saturated rings. The molecular formula is C17H20N2O3. The van der Waals surface area contributed by atoms with E-state index in [1.54, 1.807) is 14.2 Å². The third-order valence-electron chi connectivity index (χ3n) is 4.18. The summed E-state index contributed by atoms with van der Waals surface area (Å²) in [6, 6.07) is 9.62. The van der Waals surface area contributed by atoms with Gasteiger partial charge in [0.2, 0.25) is 5.88 Å². The van der Waals surface area contributed by atoms with E-state index in [9.17, 15) is 4.79 Å². The van der Waals surface area contributed by atoms with E-state index in [4.69, 9.17) is 9.47 Å². The number of likely N-dealkylation sites (tertiary alicyclic amines) is 1. The molecule has 5 heteroatoms. The zero-order valence-electron chi connectivity index (χ0n) is 12.9. The lowest BCUT2D eigenvalue weighted by molar-refractivity contribution is 0.0347. The van der Waals surface area contributed by atoms with Crippen LogP contribution >= 0.6 is 0 Å². The van der Waals surface area contributed by atoms with Crippen LogP contribution in [0.1, 0.15) is 23.3 Å². The molecule has 0 bridgehead atoms. The molecule has 0 radical (unpaired) electrons. The summed E-state index contributed by atoms with van der Waals surface area (Å²) in [4.78, 5) is 18.9. The molecule has 1 aromatic heterocycles. The molecule has 116 valence electrons. The lowest BCUT2D eigenvalue weighted by Crippen LogP contribution is -2.40. The third kappa shape index (κ3) is 2.76. The van der Waals surface area contributed by atoms with E-state index in [0.29, 0.717) is 24.7 Å². The molecule has 1 saturated heterocycles. The standard InChI is InChI=1S/C17H20N2O3/c1-21-13-7-9-19(10-8-13)17(20)15-11-12-5-3-4-6-14(12)16(18-15)22-2/h3-6,11,13H,7-10H2,1-2H3. The molecule has 0 spiro atoms. The Kier molecular flexibility index (Phi) is 4.24. The summed E-state index contributed by atoms with van der Waals surface area (Å²) in [7, 11) is 3.30. The van der Waals surface area contributed by atoms with Crippen LogP contribution in [-0.4, -0.2) is 49.2 Å². The van der Waals surface area contributed by atoms with Gasteiger partial charge >= 0.3 is 0 Å². The first-order valence-corrected chi connectivity index (χ1v) is 7.48. The predicted octanol–water partition coefficient (Wildman–Crippen LogP) is 2.49. The molecule has 0 saturated carbocycles. The molecular weight excluding hydrogens is 280 g/mol. The highest BCUT2D eigenvalue weighted by atomic mass is 16.5. The van der Waals surface area contributed by atoms with Crippen LogP contribution in [0.15, 0.2) is 30.3 Å². The zero-order valence-corrected chi connectivity index (χ0v) is 12.9. The number of rotatable bonds is 3. The second kappa shape index (κ2) is 6.32. The van der Waals surface area contributed by atoms with Crippen molar-refractivity contribution in [3.63, 3.8) is 0 Å². The number of hydrogen-bond acceptors (Lipinski definition) is 4. The number of aromatic nitrogens is 1. The number of carbonyl (C=O) groups excluding carboxylic acids is 1. The molecule has 0 unspecified atom stereocenters. The Morgan fingerprint density at radius 1 is 1.23 bits per heavy atom. The van der Waals surface area contributed by atoms with Gasteiger partial charge in [0.05, 0.1) is 13.2 Å². The molecule has 0 N–H and O–H groups in total. The second-order valence-corrected chi connectivity index (χ2v) is 5.47. The minimum atomic E-state index is -0.0430. The number of hydrogen-bond donors (Lipinski definition) is 0. The van der Waals surface area contributed by atoms with E-state index in [1.807, 2.05) is 35.2 Å². The van der Waals surface area contributed by atoms with E-state index in [0.717, 1.165) is 23.6 Å². The SMILES string of the molecule is COc1nc(C(=O)N2CCC(OC)CC2)cc2ccccc12. The predicted molar refractivity (Wildman–Crippen MR) is 84.2 cm³/mol. The summed E-state index contributed by atoms with van der Waals surface area (Å²) in [5.41, 5.74) is 0.436. The van der Waals surface area contributed by atoms with Crippen molar-refractivity contribution < 1.29 is 14.3 Å². The van der Waals surface area contributed by atoms with Gasteiger partial charge in [0, 0.05) is 25.6 Å². The van der Waals surface area contributed by atoms with Crippen LogP contribution in [0.25, 0.3) is 10.8 Å². The molecule has 1 aliphatic rings. The first-order chi connectivity index (χ1) is 10.7. The topological polar surface area (TPSA) is 51.7 Å². The Morgan fingerprint density at radius 3 is 2.64 bits per heavy atom. The van der Waals surface area contributed by atoms with E-state index < -0.39 is 0 Å². The summed E-state index contributed by atoms with van der Waals surface area (Å²) in [6.45, 7) is 1.41. The Morgan fingerprint density at radius 2 is 1.95 bits per heavy atom. The van der Waals surface area contributed by atoms with Gasteiger partial charge in [-0.15, -0.1) is 0 Å². The van der Waals surface area contributed by atoms with E-state index in [2.05, 4.69) is 4.98 Å². The summed E-state index contributed by atoms with van der Waals surface area (Å²) >= 11 is 0. The van der Waals surface area contributed by atoms with Crippen LogP contribution in [0.2, 0.25) is 0 Å². The van der Waals surface area contributed by atoms with Crippen LogP contribution < -0.4 is 4.74 Å². The number of pyridine rings is 1. The minimum absolute atomic E-state index is 0.0430. The number of piperidine rings is 1. The molecule has 22 heavy (non-hydrogen) atoms. The number of methoxy groups -OCH3 is 2. The summed E-state index contributed by atoms with van der Waals surface area (Å²) in [6.07, 6.45) is 1.99. The third-order valence-corrected chi connectivity index (χ3v) is 4.18. The van der Waals surface area contributed by atoms with Gasteiger partial charge in [-0.25, -0.2) is 4.98 Å². The number of amides is 1. The van der Waals surface area contributed by atoms with Crippen molar-refractivity contribution in [1.82, 2.24) is 9.88 Å². The summed E-state index contributed by atoms with van der Waals surface area (Å²) < 4.78 is 10.7. The van der Waals surface area contributed by atoms with Crippen molar-refractivity contribution in [3.8, 4) is 5.88 Å². The lowest BCUT2D eigenvalue weighted by Gasteiger charge is -2.31. The van der Waals surface area contributed by atoms with Gasteiger partial charge in [0.15, 0.2) is 0 Å². The highest BCUT2D eigenvalue weighted by Crippen LogP contribution is 2.25. The summed E-state index contributed by atoms with van der Waals surface area (Å²) in [5, 5.41) is 1.88. The highest BCUT2D eigenvalue weighted by molar-refractivity contribution is 5.98. The fourth-order valence-electron chi connectivity index (χ4n) is 2.89. The minimum Gasteiger partial charge on any atom is -0.481 e. The van der Waals surface area contributed by atoms with Gasteiger partial charge in [-0.1, -0.05) is 18.2 Å². The zero-order chi connectivity index (χ0) is 15.5. The van der Waals surface area contributed by atoms with Crippen molar-refractivity contribution in [1.29, 1.82) is 0 Å². The number of nitrogens with zero attached hydrogens (tertiary/aromatic N) is 2. The van der Waals surface area contributed by atoms with E-state index in [1.165, 1.54) is 0 Å². The fourth-order valence-corrected chi connectivity index (χ4v) is 2.89. The number of ether oxygens (including phenoxy) is 2. The van der Waals surface area contributed by atoms with Crippen LogP contribution in [0.5, 0.6) is 5.88 Å². The van der Waals surface area contributed by atoms with Crippen LogP contribution in [-0.2, 0) is 4.74 Å². The molecule has 0 atom stereocenters. The quantitative estimate of drug-likeness (QED) is 0.874. The van der Waals surface area contributed by atoms with Crippen molar-refractivity contribution in [2.45, 2.75) is 18.9 Å². The van der Waals surface area contributed by atoms with Crippen LogP contribution in [0.3, 0.4) is 0 Å². The van der Waals surface area contributed by atoms with Gasteiger partial charge in [0.1, 0.15) is 5.69 Å². The number of benzene rings is 1. The molecule has 1 amide bonds. The Bertz CT molecular complexity index is 679. The average molecular weight is 300 g/mol. The Balaban J connectivity index is 1.88. The van der Waals surface area contributed by atoms with Crippen molar-refractivity contribution in [3.05, 3.63) is 36.0 Å². The first kappa shape index (κ1) is 14.8. The lowest BCUT2D eigenvalue weighted by atomic mass is 10.1. The van der Waals surface area contributed by atoms with E-state index in [-0.39, 0.29) is 12.0 Å². The normalized spacial score (nSPS) is 16.0. The second-order valence-electron chi connectivity index (χ2n) is 5.47. The number of fused-ring (bicyclic) bond motifs is 1. The Hall–Kier alpha value is -2.14. The van der Waals surface area contributed by atoms with Crippen molar-refractivity contribution >= 4 is 16.7 Å². The first-order valence-electron chi connectivity index (χ1n) is 7.48. The molecule has 1 aliphatic heterocycles. The monoisotopic (exact) mass is 300 g/mol. The molecule has 1 aromatic carbocycles. The average Bonchev–Trinajstić information content (AvgIpc) is 2.60. The molecule has 0 aliphatic carbocycles. The Labute approximate surface area is 129 Å².